The van der Waals surface area contributed by atoms with Crippen LogP contribution in [0.1, 0.15) is 31.7 Å². The van der Waals surface area contributed by atoms with Crippen molar-refractivity contribution < 1.29 is 14.6 Å². The Labute approximate surface area is 148 Å². The molecule has 2 aliphatic heterocycles. The number of urea groups is 1. The molecule has 2 fully saturated rings. The van der Waals surface area contributed by atoms with Crippen LogP contribution in [0.2, 0.25) is 0 Å². The van der Waals surface area contributed by atoms with Crippen molar-refractivity contribution >= 4 is 11.8 Å². The number of nitrogens with one attached hydrogen (secondary N) is 1. The van der Waals surface area contributed by atoms with Gasteiger partial charge < -0.3 is 19.6 Å². The van der Waals surface area contributed by atoms with Crippen LogP contribution in [0.4, 0.5) is 10.6 Å². The zero-order chi connectivity index (χ0) is 17.6. The zero-order valence-corrected chi connectivity index (χ0v) is 14.9. The molecule has 3 rings (SSSR count). The van der Waals surface area contributed by atoms with E-state index in [0.29, 0.717) is 25.0 Å². The van der Waals surface area contributed by atoms with Gasteiger partial charge in [0.05, 0.1) is 25.4 Å². The standard InChI is InChI=1S/C17H29N5O3/c1-20-8-4-14(5-9-20)22-10-6-16(19-22)18-17(24)21-7-2-3-15(13-21)25-12-11-23/h6,10,14-15,23H,2-5,7-9,11-13H2,1H3,(H,18,19,24). The number of carbonyl (C=O) groups excluding carboxylic acids is 1. The molecule has 1 atom stereocenters. The van der Waals surface area contributed by atoms with E-state index in [0.717, 1.165) is 45.3 Å². The minimum absolute atomic E-state index is 0.00318. The first kappa shape index (κ1) is 18.2. The molecule has 0 saturated carbocycles. The lowest BCUT2D eigenvalue weighted by atomic mass is 10.1. The van der Waals surface area contributed by atoms with Gasteiger partial charge in [0.1, 0.15) is 0 Å². The number of likely N-dealkylation sites (tertiary alicyclic amines) is 2. The zero-order valence-electron chi connectivity index (χ0n) is 14.9. The molecular formula is C17H29N5O3. The molecule has 8 nitrogen and oxygen atoms in total. The molecule has 140 valence electrons. The summed E-state index contributed by atoms with van der Waals surface area (Å²) in [6.07, 6.45) is 5.96. The van der Waals surface area contributed by atoms with Gasteiger partial charge in [-0.1, -0.05) is 0 Å². The van der Waals surface area contributed by atoms with Crippen molar-refractivity contribution in [1.82, 2.24) is 19.6 Å². The third kappa shape index (κ3) is 4.93. The minimum Gasteiger partial charge on any atom is -0.394 e. The molecule has 1 aromatic heterocycles. The fraction of sp³-hybridized carbons (Fsp3) is 0.765. The van der Waals surface area contributed by atoms with Crippen molar-refractivity contribution in [3.63, 3.8) is 0 Å². The Hall–Kier alpha value is -1.64. The molecule has 2 amide bonds. The summed E-state index contributed by atoms with van der Waals surface area (Å²) in [4.78, 5) is 16.6. The van der Waals surface area contributed by atoms with E-state index in [1.807, 2.05) is 16.9 Å². The molecule has 2 saturated heterocycles. The third-order valence-electron chi connectivity index (χ3n) is 5.02. The van der Waals surface area contributed by atoms with E-state index in [4.69, 9.17) is 9.84 Å². The van der Waals surface area contributed by atoms with Crippen LogP contribution in [0.15, 0.2) is 12.3 Å². The predicted molar refractivity (Wildman–Crippen MR) is 94.6 cm³/mol. The van der Waals surface area contributed by atoms with Gasteiger partial charge in [0, 0.05) is 25.4 Å². The van der Waals surface area contributed by atoms with Crippen LogP contribution in [0.3, 0.4) is 0 Å². The van der Waals surface area contributed by atoms with Crippen LogP contribution < -0.4 is 5.32 Å². The number of nitrogens with zero attached hydrogens (tertiary/aromatic N) is 4. The van der Waals surface area contributed by atoms with E-state index in [-0.39, 0.29) is 18.7 Å². The van der Waals surface area contributed by atoms with Gasteiger partial charge in [-0.2, -0.15) is 5.10 Å². The lowest BCUT2D eigenvalue weighted by Crippen LogP contribution is -2.45. The highest BCUT2D eigenvalue weighted by molar-refractivity contribution is 5.88. The summed E-state index contributed by atoms with van der Waals surface area (Å²) in [5.74, 6) is 0.599. The van der Waals surface area contributed by atoms with Crippen LogP contribution in [0, 0.1) is 0 Å². The average molecular weight is 351 g/mol. The molecule has 25 heavy (non-hydrogen) atoms. The Balaban J connectivity index is 1.51. The van der Waals surface area contributed by atoms with E-state index in [1.165, 1.54) is 0 Å². The highest BCUT2D eigenvalue weighted by Gasteiger charge is 2.25. The van der Waals surface area contributed by atoms with Gasteiger partial charge in [0.2, 0.25) is 0 Å². The number of aliphatic hydroxyl groups is 1. The maximum absolute atomic E-state index is 12.5. The molecule has 2 N–H and O–H groups in total. The highest BCUT2D eigenvalue weighted by atomic mass is 16.5. The van der Waals surface area contributed by atoms with Crippen LogP contribution in [0.25, 0.3) is 0 Å². The van der Waals surface area contributed by atoms with Crippen molar-refractivity contribution in [2.24, 2.45) is 0 Å². The largest absolute Gasteiger partial charge is 0.394 e. The number of hydrogen-bond donors (Lipinski definition) is 2. The van der Waals surface area contributed by atoms with Crippen LogP contribution in [-0.4, -0.2) is 83.3 Å². The van der Waals surface area contributed by atoms with Gasteiger partial charge >= 0.3 is 6.03 Å². The van der Waals surface area contributed by atoms with E-state index in [2.05, 4.69) is 22.4 Å². The molecule has 0 spiro atoms. The van der Waals surface area contributed by atoms with Crippen molar-refractivity contribution in [3.05, 3.63) is 12.3 Å². The maximum atomic E-state index is 12.5. The first-order valence-electron chi connectivity index (χ1n) is 9.18. The van der Waals surface area contributed by atoms with E-state index in [9.17, 15) is 4.79 Å². The normalized spacial score (nSPS) is 23.0. The van der Waals surface area contributed by atoms with Gasteiger partial charge in [0.15, 0.2) is 5.82 Å². The molecule has 0 aromatic carbocycles. The number of anilines is 1. The third-order valence-corrected chi connectivity index (χ3v) is 5.02. The summed E-state index contributed by atoms with van der Waals surface area (Å²) in [7, 11) is 2.14. The Morgan fingerprint density at radius 2 is 2.16 bits per heavy atom. The number of hydrogen-bond acceptors (Lipinski definition) is 5. The monoisotopic (exact) mass is 351 g/mol. The van der Waals surface area contributed by atoms with E-state index >= 15 is 0 Å². The van der Waals surface area contributed by atoms with Crippen molar-refractivity contribution in [2.45, 2.75) is 37.8 Å². The van der Waals surface area contributed by atoms with Crippen molar-refractivity contribution in [1.29, 1.82) is 0 Å². The Kier molecular flexibility index (Phi) is 6.28. The summed E-state index contributed by atoms with van der Waals surface area (Å²) >= 11 is 0. The summed E-state index contributed by atoms with van der Waals surface area (Å²) in [6, 6.07) is 2.14. The molecule has 0 bridgehead atoms. The molecule has 8 heteroatoms. The molecule has 3 heterocycles. The summed E-state index contributed by atoms with van der Waals surface area (Å²) in [5.41, 5.74) is 0. The minimum atomic E-state index is -0.133. The molecule has 0 aliphatic carbocycles. The number of piperidine rings is 2. The molecular weight excluding hydrogens is 322 g/mol. The molecule has 1 aromatic rings. The first-order valence-corrected chi connectivity index (χ1v) is 9.18. The summed E-state index contributed by atoms with van der Waals surface area (Å²) in [6.45, 7) is 3.77. The quantitative estimate of drug-likeness (QED) is 0.832. The van der Waals surface area contributed by atoms with Crippen LogP contribution in [-0.2, 0) is 4.74 Å². The second-order valence-corrected chi connectivity index (χ2v) is 6.95. The Morgan fingerprint density at radius 1 is 1.36 bits per heavy atom. The van der Waals surface area contributed by atoms with Crippen LogP contribution in [0.5, 0.6) is 0 Å². The van der Waals surface area contributed by atoms with Crippen molar-refractivity contribution in [3.8, 4) is 0 Å². The lowest BCUT2D eigenvalue weighted by Gasteiger charge is -2.32. The SMILES string of the molecule is CN1CCC(n2ccc(NC(=O)N3CCCC(OCCO)C3)n2)CC1. The Bertz CT molecular complexity index is 556. The second kappa shape index (κ2) is 8.64. The summed E-state index contributed by atoms with van der Waals surface area (Å²) in [5, 5.41) is 16.3. The van der Waals surface area contributed by atoms with Gasteiger partial charge in [-0.25, -0.2) is 4.79 Å². The predicted octanol–water partition coefficient (Wildman–Crippen LogP) is 1.15. The number of rotatable bonds is 5. The number of carbonyl (C=O) groups is 1. The smallest absolute Gasteiger partial charge is 0.323 e. The average Bonchev–Trinajstić information content (AvgIpc) is 3.09. The number of ether oxygens (including phenoxy) is 1. The van der Waals surface area contributed by atoms with E-state index < -0.39 is 0 Å². The maximum Gasteiger partial charge on any atom is 0.323 e. The molecule has 0 radical (unpaired) electrons. The Morgan fingerprint density at radius 3 is 2.92 bits per heavy atom. The number of amides is 2. The molecule has 2 aliphatic rings. The van der Waals surface area contributed by atoms with E-state index in [1.54, 1.807) is 4.90 Å². The van der Waals surface area contributed by atoms with Crippen molar-refractivity contribution in [2.75, 3.05) is 51.8 Å². The second-order valence-electron chi connectivity index (χ2n) is 6.95. The lowest BCUT2D eigenvalue weighted by molar-refractivity contribution is -0.00463. The molecule has 1 unspecified atom stereocenters. The van der Waals surface area contributed by atoms with Gasteiger partial charge in [-0.05, 0) is 45.8 Å². The highest BCUT2D eigenvalue weighted by Crippen LogP contribution is 2.22. The topological polar surface area (TPSA) is 82.9 Å². The number of aromatic nitrogens is 2. The van der Waals surface area contributed by atoms with Gasteiger partial charge in [-0.3, -0.25) is 10.00 Å². The van der Waals surface area contributed by atoms with Gasteiger partial charge in [-0.15, -0.1) is 0 Å². The summed E-state index contributed by atoms with van der Waals surface area (Å²) < 4.78 is 7.54. The first-order chi connectivity index (χ1) is 12.2. The number of aliphatic hydroxyl groups excluding tert-OH is 1. The fourth-order valence-corrected chi connectivity index (χ4v) is 3.53. The van der Waals surface area contributed by atoms with Crippen LogP contribution >= 0.6 is 0 Å². The van der Waals surface area contributed by atoms with Gasteiger partial charge in [0.25, 0.3) is 0 Å². The fourth-order valence-electron chi connectivity index (χ4n) is 3.53.